The van der Waals surface area contributed by atoms with E-state index in [2.05, 4.69) is 191 Å². The van der Waals surface area contributed by atoms with Gasteiger partial charge in [0.05, 0.1) is 27.8 Å². The Balaban J connectivity index is 1.21. The van der Waals surface area contributed by atoms with Crippen molar-refractivity contribution in [3.05, 3.63) is 218 Å². The quantitative estimate of drug-likeness (QED) is 0.154. The molecule has 79 heavy (non-hydrogen) atoms. The summed E-state index contributed by atoms with van der Waals surface area (Å²) in [6.07, 6.45) is 0. The number of fused-ring (bicyclic) bond motifs is 6. The fourth-order valence-electron chi connectivity index (χ4n) is 11.8. The second-order valence-electron chi connectivity index (χ2n) is 19.8. The molecule has 0 N–H and O–H groups in total. The molecule has 0 atom stereocenters. The second kappa shape index (κ2) is 19.7. The van der Waals surface area contributed by atoms with Gasteiger partial charge < -0.3 is 9.13 Å². The largest absolute Gasteiger partial charge is 0.309 e. The molecule has 0 spiro atoms. The summed E-state index contributed by atoms with van der Waals surface area (Å²) < 4.78 is 4.53. The Labute approximate surface area is 475 Å². The fraction of sp³-hybridized carbons (Fsp3) is 0. The smallest absolute Gasteiger partial charge is 0.113 e. The molecule has 2 aromatic heterocycles. The van der Waals surface area contributed by atoms with Crippen LogP contribution in [0, 0.1) is 0 Å². The zero-order chi connectivity index (χ0) is 54.4. The lowest BCUT2D eigenvalue weighted by Crippen LogP contribution is -2.55. The maximum Gasteiger partial charge on any atom is 0.113 e. The molecular formula is C66H36B10N2S. The predicted molar refractivity (Wildman–Crippen MR) is 345 cm³/mol. The van der Waals surface area contributed by atoms with Gasteiger partial charge in [0, 0.05) is 57.9 Å². The van der Waals surface area contributed by atoms with Gasteiger partial charge in [-0.3, -0.25) is 0 Å². The minimum Gasteiger partial charge on any atom is -0.309 e. The number of hydrogen-bond donors (Lipinski definition) is 0. The molecular weight excluding hydrogens is 961 g/mol. The Morgan fingerprint density at radius 3 is 1.08 bits per heavy atom. The van der Waals surface area contributed by atoms with E-state index in [1.807, 2.05) is 36.4 Å². The van der Waals surface area contributed by atoms with Crippen LogP contribution in [-0.2, 0) is 0 Å². The van der Waals surface area contributed by atoms with Gasteiger partial charge in [0.25, 0.3) is 0 Å². The van der Waals surface area contributed by atoms with Crippen molar-refractivity contribution in [3.8, 4) is 44.8 Å². The highest BCUT2D eigenvalue weighted by atomic mass is 32.3. The highest BCUT2D eigenvalue weighted by Gasteiger charge is 2.36. The first-order valence-corrected chi connectivity index (χ1v) is 27.4. The lowest BCUT2D eigenvalue weighted by atomic mass is 9.58. The average molecular weight is 997 g/mol. The van der Waals surface area contributed by atoms with Crippen molar-refractivity contribution >= 4 is 187 Å². The summed E-state index contributed by atoms with van der Waals surface area (Å²) in [4.78, 5) is 3.97. The standard InChI is InChI=1S/C66H36B10N2S/c67-56-54(57(68)61(72)64(75)60(56)71)48-35-43(79(40-19-7-2-8-20-40,41-21-9-3-10-22-41)42-23-11-4-12-24-42)36-49(55-58(69)62(73)65(76)63(74)59(55)70)66(48)78-51-28-16-14-26-45(51)47-34-39(30-32-53(47)78)77-50-27-15-13-25-44(50)46-33-38(29-31-52(46)77)37-17-5-1-6-18-37/h1-36H. The van der Waals surface area contributed by atoms with Crippen LogP contribution < -0.4 is 54.6 Å². The average Bonchev–Trinajstić information content (AvgIpc) is 4.19. The van der Waals surface area contributed by atoms with E-state index in [0.717, 1.165) is 80.0 Å². The molecule has 13 aromatic rings. The van der Waals surface area contributed by atoms with Gasteiger partial charge in [0.1, 0.15) is 78.5 Å². The Bertz CT molecular complexity index is 4360. The minimum absolute atomic E-state index is 0.0767. The third-order valence-corrected chi connectivity index (χ3v) is 19.5. The molecule has 0 amide bonds. The summed E-state index contributed by atoms with van der Waals surface area (Å²) in [6, 6.07) is 76.2. The van der Waals surface area contributed by atoms with Gasteiger partial charge in [0.15, 0.2) is 0 Å². The van der Waals surface area contributed by atoms with Crippen molar-refractivity contribution in [3.63, 3.8) is 0 Å². The van der Waals surface area contributed by atoms with Crippen LogP contribution >= 0.6 is 10.0 Å². The number of benzene rings is 11. The Morgan fingerprint density at radius 1 is 0.253 bits per heavy atom. The van der Waals surface area contributed by atoms with Gasteiger partial charge >= 0.3 is 0 Å². The molecule has 13 rings (SSSR count). The summed E-state index contributed by atoms with van der Waals surface area (Å²) in [5, 5.41) is 4.19. The number of hydrogen-bond acceptors (Lipinski definition) is 0. The van der Waals surface area contributed by atoms with Crippen molar-refractivity contribution in [1.29, 1.82) is 0 Å². The molecule has 0 saturated heterocycles. The van der Waals surface area contributed by atoms with Crippen LogP contribution in [0.25, 0.3) is 88.4 Å². The molecule has 20 radical (unpaired) electrons. The number of aromatic nitrogens is 2. The first-order valence-electron chi connectivity index (χ1n) is 25.7. The van der Waals surface area contributed by atoms with Crippen LogP contribution in [0.1, 0.15) is 0 Å². The molecule has 2 nitrogen and oxygen atoms in total. The minimum atomic E-state index is -2.49. The van der Waals surface area contributed by atoms with E-state index < -0.39 is 10.0 Å². The van der Waals surface area contributed by atoms with Crippen molar-refractivity contribution in [2.24, 2.45) is 0 Å². The molecule has 13 heteroatoms. The highest BCUT2D eigenvalue weighted by Crippen LogP contribution is 2.74. The van der Waals surface area contributed by atoms with Crippen LogP contribution in [0.2, 0.25) is 0 Å². The maximum atomic E-state index is 7.30. The lowest BCUT2D eigenvalue weighted by Gasteiger charge is -2.43. The van der Waals surface area contributed by atoms with E-state index >= 15 is 0 Å². The molecule has 0 fully saturated rings. The van der Waals surface area contributed by atoms with Crippen molar-refractivity contribution in [2.75, 3.05) is 0 Å². The van der Waals surface area contributed by atoms with Crippen LogP contribution in [0.4, 0.5) is 0 Å². The second-order valence-corrected chi connectivity index (χ2v) is 22.9. The first kappa shape index (κ1) is 50.5. The lowest BCUT2D eigenvalue weighted by molar-refractivity contribution is 1.16. The molecule has 0 unspecified atom stereocenters. The summed E-state index contributed by atoms with van der Waals surface area (Å²) in [5.41, 5.74) is 10.5. The Morgan fingerprint density at radius 2 is 0.608 bits per heavy atom. The zero-order valence-electron chi connectivity index (χ0n) is 42.9. The maximum absolute atomic E-state index is 7.30. The molecule has 0 saturated carbocycles. The third kappa shape index (κ3) is 7.78. The van der Waals surface area contributed by atoms with Gasteiger partial charge in [0.2, 0.25) is 0 Å². The Hall–Kier alpha value is -7.98. The van der Waals surface area contributed by atoms with E-state index in [4.69, 9.17) is 78.5 Å². The van der Waals surface area contributed by atoms with Crippen LogP contribution in [-0.4, -0.2) is 87.6 Å². The number of para-hydroxylation sites is 2. The van der Waals surface area contributed by atoms with Gasteiger partial charge in [-0.2, -0.15) is 0 Å². The van der Waals surface area contributed by atoms with E-state index in [1.165, 1.54) is 0 Å². The summed E-state index contributed by atoms with van der Waals surface area (Å²) >= 11 is 0. The summed E-state index contributed by atoms with van der Waals surface area (Å²) in [6.45, 7) is 0. The van der Waals surface area contributed by atoms with Crippen molar-refractivity contribution in [1.82, 2.24) is 9.13 Å². The molecule has 0 aliphatic heterocycles. The first-order chi connectivity index (χ1) is 38.4. The number of rotatable bonds is 9. The van der Waals surface area contributed by atoms with E-state index in [1.54, 1.807) is 0 Å². The van der Waals surface area contributed by atoms with Gasteiger partial charge in [-0.15, -0.1) is 42.8 Å². The van der Waals surface area contributed by atoms with E-state index in [0.29, 0.717) is 27.9 Å². The van der Waals surface area contributed by atoms with Crippen molar-refractivity contribution < 1.29 is 0 Å². The predicted octanol–water partition coefficient (Wildman–Crippen LogP) is 6.16. The van der Waals surface area contributed by atoms with Gasteiger partial charge in [-0.1, -0.05) is 149 Å². The van der Waals surface area contributed by atoms with Crippen LogP contribution in [0.5, 0.6) is 0 Å². The van der Waals surface area contributed by atoms with Crippen molar-refractivity contribution in [2.45, 2.75) is 19.6 Å². The third-order valence-electron chi connectivity index (χ3n) is 15.6. The molecule has 11 aromatic carbocycles. The molecule has 0 bridgehead atoms. The van der Waals surface area contributed by atoms with Gasteiger partial charge in [-0.25, -0.2) is 0 Å². The molecule has 0 aliphatic carbocycles. The Kier molecular flexibility index (Phi) is 12.6. The van der Waals surface area contributed by atoms with Crippen LogP contribution in [0.15, 0.2) is 238 Å². The summed E-state index contributed by atoms with van der Waals surface area (Å²) in [5.74, 6) is 0. The normalized spacial score (nSPS) is 12.0. The van der Waals surface area contributed by atoms with Gasteiger partial charge in [-0.05, 0) is 113 Å². The molecule has 0 aliphatic rings. The van der Waals surface area contributed by atoms with Crippen LogP contribution in [0.3, 0.4) is 0 Å². The topological polar surface area (TPSA) is 9.86 Å². The fourth-order valence-corrected chi connectivity index (χ4v) is 15.7. The van der Waals surface area contributed by atoms with E-state index in [9.17, 15) is 0 Å². The zero-order valence-corrected chi connectivity index (χ0v) is 43.7. The molecule has 346 valence electrons. The highest BCUT2D eigenvalue weighted by molar-refractivity contribution is 8.34. The van der Waals surface area contributed by atoms with E-state index in [-0.39, 0.29) is 54.6 Å². The monoisotopic (exact) mass is 998 g/mol. The summed E-state index contributed by atoms with van der Waals surface area (Å²) in [7, 11) is 67.5. The molecule has 2 heterocycles. The SMILES string of the molecule is [B]c1c([B])c([B])c(-c2cc(S(c3ccccc3)(c3ccccc3)c3ccccc3)cc(-c3c([B])c([B])c([B])c([B])c3[B])c2-n2c3ccccc3c3cc(-n4c5ccccc5c5cc(-c6ccccc6)ccc54)ccc32)c([B])c1[B]. The number of nitrogens with zero attached hydrogens (tertiary/aromatic N) is 2.